The minimum absolute atomic E-state index is 0.156. The van der Waals surface area contributed by atoms with Crippen molar-refractivity contribution in [2.75, 3.05) is 18.6 Å². The number of Topliss-reactive ketones (excluding diaryl/α,β-unsaturated/α-hetero) is 1. The molecule has 0 spiro atoms. The number of benzene rings is 1. The SMILES string of the molecule is CCCCSCC(=O)c1ccc(C)cc1OC. The maximum atomic E-state index is 12.0. The van der Waals surface area contributed by atoms with Crippen molar-refractivity contribution in [2.45, 2.75) is 26.7 Å². The summed E-state index contributed by atoms with van der Waals surface area (Å²) in [6, 6.07) is 5.72. The van der Waals surface area contributed by atoms with Gasteiger partial charge in [0.15, 0.2) is 5.78 Å². The molecule has 0 aliphatic heterocycles. The monoisotopic (exact) mass is 252 g/mol. The Kier molecular flexibility index (Phi) is 6.12. The summed E-state index contributed by atoms with van der Waals surface area (Å²) in [6.07, 6.45) is 2.35. The lowest BCUT2D eigenvalue weighted by atomic mass is 10.1. The van der Waals surface area contributed by atoms with Crippen molar-refractivity contribution >= 4 is 17.5 Å². The lowest BCUT2D eigenvalue weighted by Crippen LogP contribution is -2.05. The Balaban J connectivity index is 2.62. The van der Waals surface area contributed by atoms with Gasteiger partial charge in [-0.1, -0.05) is 19.4 Å². The molecule has 0 saturated carbocycles. The van der Waals surface area contributed by atoms with Gasteiger partial charge in [0, 0.05) is 0 Å². The molecule has 2 nitrogen and oxygen atoms in total. The normalized spacial score (nSPS) is 10.3. The fourth-order valence-corrected chi connectivity index (χ4v) is 2.50. The van der Waals surface area contributed by atoms with E-state index in [1.807, 2.05) is 25.1 Å². The van der Waals surface area contributed by atoms with E-state index in [1.54, 1.807) is 18.9 Å². The van der Waals surface area contributed by atoms with Gasteiger partial charge in [0.2, 0.25) is 0 Å². The van der Waals surface area contributed by atoms with Gasteiger partial charge in [-0.3, -0.25) is 4.79 Å². The predicted octanol–water partition coefficient (Wildman–Crippen LogP) is 3.72. The highest BCUT2D eigenvalue weighted by molar-refractivity contribution is 7.99. The first-order valence-electron chi connectivity index (χ1n) is 5.94. The van der Waals surface area contributed by atoms with Crippen molar-refractivity contribution in [3.63, 3.8) is 0 Å². The molecule has 0 bridgehead atoms. The molecule has 3 heteroatoms. The molecule has 0 unspecified atom stereocenters. The van der Waals surface area contributed by atoms with Crippen molar-refractivity contribution in [3.05, 3.63) is 29.3 Å². The van der Waals surface area contributed by atoms with Gasteiger partial charge in [-0.05, 0) is 36.8 Å². The average molecular weight is 252 g/mol. The summed E-state index contributed by atoms with van der Waals surface area (Å²) in [6.45, 7) is 4.15. The number of unbranched alkanes of at least 4 members (excludes halogenated alkanes) is 1. The molecule has 0 heterocycles. The topological polar surface area (TPSA) is 26.3 Å². The van der Waals surface area contributed by atoms with Crippen LogP contribution in [0.15, 0.2) is 18.2 Å². The summed E-state index contributed by atoms with van der Waals surface area (Å²) < 4.78 is 5.24. The van der Waals surface area contributed by atoms with E-state index in [9.17, 15) is 4.79 Å². The third-order valence-corrected chi connectivity index (χ3v) is 3.58. The highest BCUT2D eigenvalue weighted by Gasteiger charge is 2.11. The van der Waals surface area contributed by atoms with Crippen LogP contribution in [0.25, 0.3) is 0 Å². The zero-order valence-corrected chi connectivity index (χ0v) is 11.6. The number of hydrogen-bond donors (Lipinski definition) is 0. The van der Waals surface area contributed by atoms with Gasteiger partial charge < -0.3 is 4.74 Å². The van der Waals surface area contributed by atoms with Gasteiger partial charge in [0.25, 0.3) is 0 Å². The van der Waals surface area contributed by atoms with Crippen LogP contribution in [0.5, 0.6) is 5.75 Å². The largest absolute Gasteiger partial charge is 0.496 e. The van der Waals surface area contributed by atoms with Crippen molar-refractivity contribution < 1.29 is 9.53 Å². The molecule has 0 radical (unpaired) electrons. The van der Waals surface area contributed by atoms with Crippen LogP contribution in [0.3, 0.4) is 0 Å². The van der Waals surface area contributed by atoms with E-state index in [-0.39, 0.29) is 5.78 Å². The second-order valence-corrected chi connectivity index (χ2v) is 5.14. The van der Waals surface area contributed by atoms with Gasteiger partial charge in [-0.15, -0.1) is 0 Å². The molecule has 17 heavy (non-hydrogen) atoms. The maximum Gasteiger partial charge on any atom is 0.176 e. The van der Waals surface area contributed by atoms with E-state index in [1.165, 1.54) is 12.8 Å². The Morgan fingerprint density at radius 1 is 1.41 bits per heavy atom. The third-order valence-electron chi connectivity index (χ3n) is 2.53. The molecule has 0 saturated heterocycles. The molecule has 0 N–H and O–H groups in total. The Morgan fingerprint density at radius 3 is 2.82 bits per heavy atom. The molecule has 0 aliphatic carbocycles. The quantitative estimate of drug-likeness (QED) is 0.546. The van der Waals surface area contributed by atoms with Crippen LogP contribution >= 0.6 is 11.8 Å². The van der Waals surface area contributed by atoms with Crippen LogP contribution in [0.4, 0.5) is 0 Å². The second kappa shape index (κ2) is 7.38. The van der Waals surface area contributed by atoms with Crippen LogP contribution in [0.2, 0.25) is 0 Å². The number of carbonyl (C=O) groups is 1. The fraction of sp³-hybridized carbons (Fsp3) is 0.500. The summed E-state index contributed by atoms with van der Waals surface area (Å²) in [7, 11) is 1.61. The van der Waals surface area contributed by atoms with Crippen LogP contribution in [-0.4, -0.2) is 24.4 Å². The average Bonchev–Trinajstić information content (AvgIpc) is 2.34. The van der Waals surface area contributed by atoms with Crippen LogP contribution in [0.1, 0.15) is 35.7 Å². The number of aryl methyl sites for hydroxylation is 1. The number of carbonyl (C=O) groups excluding carboxylic acids is 1. The van der Waals surface area contributed by atoms with E-state index in [0.717, 1.165) is 11.3 Å². The molecule has 1 aromatic carbocycles. The number of thioether (sulfide) groups is 1. The first-order valence-corrected chi connectivity index (χ1v) is 7.10. The minimum Gasteiger partial charge on any atom is -0.496 e. The van der Waals surface area contributed by atoms with Crippen molar-refractivity contribution in [3.8, 4) is 5.75 Å². The molecule has 0 aliphatic rings. The smallest absolute Gasteiger partial charge is 0.176 e. The van der Waals surface area contributed by atoms with Crippen LogP contribution < -0.4 is 4.74 Å². The van der Waals surface area contributed by atoms with Gasteiger partial charge in [-0.25, -0.2) is 0 Å². The maximum absolute atomic E-state index is 12.0. The summed E-state index contributed by atoms with van der Waals surface area (Å²) in [4.78, 5) is 12.0. The number of ether oxygens (including phenoxy) is 1. The number of methoxy groups -OCH3 is 1. The van der Waals surface area contributed by atoms with E-state index in [4.69, 9.17) is 4.74 Å². The molecule has 0 amide bonds. The Labute approximate surface area is 108 Å². The van der Waals surface area contributed by atoms with Crippen molar-refractivity contribution in [1.29, 1.82) is 0 Å². The van der Waals surface area contributed by atoms with E-state index in [2.05, 4.69) is 6.92 Å². The summed E-state index contributed by atoms with van der Waals surface area (Å²) in [5, 5.41) is 0. The lowest BCUT2D eigenvalue weighted by Gasteiger charge is -2.08. The first kappa shape index (κ1) is 14.1. The number of ketones is 1. The van der Waals surface area contributed by atoms with Gasteiger partial charge >= 0.3 is 0 Å². The molecular formula is C14H20O2S. The highest BCUT2D eigenvalue weighted by atomic mass is 32.2. The Bertz CT molecular complexity index is 374. The summed E-state index contributed by atoms with van der Waals surface area (Å²) in [5.41, 5.74) is 1.80. The zero-order chi connectivity index (χ0) is 12.7. The lowest BCUT2D eigenvalue weighted by molar-refractivity contribution is 0.101. The van der Waals surface area contributed by atoms with Gasteiger partial charge in [0.1, 0.15) is 5.75 Å². The molecule has 0 atom stereocenters. The molecule has 94 valence electrons. The zero-order valence-electron chi connectivity index (χ0n) is 10.8. The van der Waals surface area contributed by atoms with E-state index in [0.29, 0.717) is 17.1 Å². The molecular weight excluding hydrogens is 232 g/mol. The van der Waals surface area contributed by atoms with Crippen molar-refractivity contribution in [1.82, 2.24) is 0 Å². The Morgan fingerprint density at radius 2 is 2.18 bits per heavy atom. The standard InChI is InChI=1S/C14H20O2S/c1-4-5-8-17-10-13(15)12-7-6-11(2)9-14(12)16-3/h6-7,9H,4-5,8,10H2,1-3H3. The molecule has 0 aromatic heterocycles. The number of rotatable bonds is 7. The van der Waals surface area contributed by atoms with Crippen LogP contribution in [-0.2, 0) is 0 Å². The van der Waals surface area contributed by atoms with Gasteiger partial charge in [-0.2, -0.15) is 11.8 Å². The van der Waals surface area contributed by atoms with E-state index >= 15 is 0 Å². The van der Waals surface area contributed by atoms with Crippen molar-refractivity contribution in [2.24, 2.45) is 0 Å². The molecule has 0 fully saturated rings. The summed E-state index contributed by atoms with van der Waals surface area (Å²) >= 11 is 1.70. The predicted molar refractivity (Wildman–Crippen MR) is 74.3 cm³/mol. The summed E-state index contributed by atoms with van der Waals surface area (Å²) in [5.74, 6) is 2.43. The first-order chi connectivity index (χ1) is 8.19. The fourth-order valence-electron chi connectivity index (χ4n) is 1.52. The number of hydrogen-bond acceptors (Lipinski definition) is 3. The Hall–Kier alpha value is -0.960. The minimum atomic E-state index is 0.156. The molecule has 1 rings (SSSR count). The molecule has 1 aromatic rings. The second-order valence-electron chi connectivity index (χ2n) is 4.03. The van der Waals surface area contributed by atoms with Crippen LogP contribution in [0, 0.1) is 6.92 Å². The van der Waals surface area contributed by atoms with Gasteiger partial charge in [0.05, 0.1) is 18.4 Å². The highest BCUT2D eigenvalue weighted by Crippen LogP contribution is 2.21. The third kappa shape index (κ3) is 4.43. The van der Waals surface area contributed by atoms with E-state index < -0.39 is 0 Å².